The minimum Gasteiger partial charge on any atom is -0.495 e. The second kappa shape index (κ2) is 10.1. The molecular weight excluding hydrogens is 456 g/mol. The van der Waals surface area contributed by atoms with E-state index in [2.05, 4.69) is 22.0 Å². The topological polar surface area (TPSA) is 95.4 Å². The van der Waals surface area contributed by atoms with Crippen LogP contribution < -0.4 is 25.4 Å². The van der Waals surface area contributed by atoms with Gasteiger partial charge in [-0.25, -0.2) is 0 Å². The standard InChI is InChI=1S/C21H17ClN4O3S2/c1-28-17-10-18(29-2)16(9-14(17)22)26-21(30)25-15-6-5-13(8-12(15)11-23)24-20(27)19-4-3-7-31-19/h3-10H,1-2H3,(H,24,27)(H2,25,26,30). The molecule has 3 aromatic rings. The molecule has 158 valence electrons. The van der Waals surface area contributed by atoms with E-state index in [9.17, 15) is 10.1 Å². The van der Waals surface area contributed by atoms with Crippen molar-refractivity contribution < 1.29 is 14.3 Å². The number of nitrogens with one attached hydrogen (secondary N) is 3. The van der Waals surface area contributed by atoms with Gasteiger partial charge >= 0.3 is 0 Å². The average molecular weight is 473 g/mol. The first kappa shape index (κ1) is 22.4. The zero-order chi connectivity index (χ0) is 22.4. The van der Waals surface area contributed by atoms with Crippen LogP contribution in [0, 0.1) is 11.3 Å². The number of hydrogen-bond donors (Lipinski definition) is 3. The van der Waals surface area contributed by atoms with E-state index in [0.29, 0.717) is 44.0 Å². The summed E-state index contributed by atoms with van der Waals surface area (Å²) in [7, 11) is 3.03. The lowest BCUT2D eigenvalue weighted by molar-refractivity contribution is 0.103. The van der Waals surface area contributed by atoms with E-state index < -0.39 is 0 Å². The molecular formula is C21H17ClN4O3S2. The van der Waals surface area contributed by atoms with Gasteiger partial charge in [-0.3, -0.25) is 4.79 Å². The van der Waals surface area contributed by atoms with Crippen molar-refractivity contribution in [3.05, 3.63) is 63.3 Å². The molecule has 0 atom stereocenters. The molecule has 0 aliphatic rings. The van der Waals surface area contributed by atoms with Crippen molar-refractivity contribution in [3.63, 3.8) is 0 Å². The second-order valence-electron chi connectivity index (χ2n) is 6.07. The molecule has 31 heavy (non-hydrogen) atoms. The summed E-state index contributed by atoms with van der Waals surface area (Å²) in [4.78, 5) is 12.8. The Labute approximate surface area is 193 Å². The molecule has 0 aliphatic carbocycles. The third-order valence-corrected chi connectivity index (χ3v) is 5.48. The van der Waals surface area contributed by atoms with Crippen molar-refractivity contribution in [2.24, 2.45) is 0 Å². The van der Waals surface area contributed by atoms with Gasteiger partial charge in [-0.05, 0) is 47.9 Å². The van der Waals surface area contributed by atoms with Crippen molar-refractivity contribution in [2.75, 3.05) is 30.2 Å². The van der Waals surface area contributed by atoms with Crippen LogP contribution in [0.4, 0.5) is 17.1 Å². The van der Waals surface area contributed by atoms with Crippen LogP contribution in [-0.4, -0.2) is 25.2 Å². The van der Waals surface area contributed by atoms with Gasteiger partial charge in [-0.2, -0.15) is 5.26 Å². The van der Waals surface area contributed by atoms with Crippen LogP contribution >= 0.6 is 35.2 Å². The van der Waals surface area contributed by atoms with Crippen LogP contribution in [0.15, 0.2) is 47.8 Å². The number of benzene rings is 2. The normalized spacial score (nSPS) is 10.0. The van der Waals surface area contributed by atoms with Gasteiger partial charge in [0.15, 0.2) is 5.11 Å². The molecule has 0 fully saturated rings. The van der Waals surface area contributed by atoms with E-state index in [-0.39, 0.29) is 11.0 Å². The van der Waals surface area contributed by atoms with E-state index in [4.69, 9.17) is 33.3 Å². The highest BCUT2D eigenvalue weighted by molar-refractivity contribution is 7.80. The minimum atomic E-state index is -0.236. The molecule has 2 aromatic carbocycles. The largest absolute Gasteiger partial charge is 0.495 e. The van der Waals surface area contributed by atoms with Crippen molar-refractivity contribution >= 4 is 63.2 Å². The highest BCUT2D eigenvalue weighted by atomic mass is 35.5. The highest BCUT2D eigenvalue weighted by Gasteiger charge is 2.13. The zero-order valence-electron chi connectivity index (χ0n) is 16.5. The Morgan fingerprint density at radius 1 is 1.06 bits per heavy atom. The summed E-state index contributed by atoms with van der Waals surface area (Å²) < 4.78 is 10.5. The van der Waals surface area contributed by atoms with Crippen LogP contribution in [-0.2, 0) is 0 Å². The summed E-state index contributed by atoms with van der Waals surface area (Å²) in [5.74, 6) is 0.715. The number of nitrogens with zero attached hydrogens (tertiary/aromatic N) is 1. The van der Waals surface area contributed by atoms with Crippen LogP contribution in [0.2, 0.25) is 5.02 Å². The van der Waals surface area contributed by atoms with E-state index in [1.165, 1.54) is 25.6 Å². The fourth-order valence-electron chi connectivity index (χ4n) is 2.66. The van der Waals surface area contributed by atoms with Gasteiger partial charge in [-0.15, -0.1) is 11.3 Å². The maximum absolute atomic E-state index is 12.2. The molecule has 0 saturated heterocycles. The minimum absolute atomic E-state index is 0.228. The number of nitriles is 1. The predicted octanol–water partition coefficient (Wildman–Crippen LogP) is 5.35. The summed E-state index contributed by atoms with van der Waals surface area (Å²) in [5.41, 5.74) is 1.83. The number of anilines is 3. The lowest BCUT2D eigenvalue weighted by Crippen LogP contribution is -2.20. The van der Waals surface area contributed by atoms with Crippen LogP contribution in [0.25, 0.3) is 0 Å². The zero-order valence-corrected chi connectivity index (χ0v) is 18.9. The Morgan fingerprint density at radius 3 is 2.45 bits per heavy atom. The van der Waals surface area contributed by atoms with Gasteiger partial charge in [0.2, 0.25) is 0 Å². The number of carbonyl (C=O) groups is 1. The molecule has 0 unspecified atom stereocenters. The maximum Gasteiger partial charge on any atom is 0.265 e. The van der Waals surface area contributed by atoms with Gasteiger partial charge in [0.1, 0.15) is 17.6 Å². The Bertz CT molecular complexity index is 1160. The van der Waals surface area contributed by atoms with Gasteiger partial charge in [0, 0.05) is 11.8 Å². The number of ether oxygens (including phenoxy) is 2. The number of methoxy groups -OCH3 is 2. The molecule has 7 nitrogen and oxygen atoms in total. The van der Waals surface area contributed by atoms with Crippen LogP contribution in [0.1, 0.15) is 15.2 Å². The van der Waals surface area contributed by atoms with E-state index in [1.54, 1.807) is 42.5 Å². The van der Waals surface area contributed by atoms with Gasteiger partial charge in [0.25, 0.3) is 5.91 Å². The molecule has 0 aliphatic heterocycles. The first-order chi connectivity index (χ1) is 14.9. The van der Waals surface area contributed by atoms with E-state index >= 15 is 0 Å². The SMILES string of the molecule is COc1cc(OC)c(NC(=S)Nc2ccc(NC(=O)c3cccs3)cc2C#N)cc1Cl. The number of thiophene rings is 1. The molecule has 1 amide bonds. The molecule has 3 N–H and O–H groups in total. The molecule has 0 spiro atoms. The lowest BCUT2D eigenvalue weighted by atomic mass is 10.1. The summed E-state index contributed by atoms with van der Waals surface area (Å²) >= 11 is 12.9. The number of carbonyl (C=O) groups excluding carboxylic acids is 1. The van der Waals surface area contributed by atoms with E-state index in [1.807, 2.05) is 5.38 Å². The number of amides is 1. The fourth-order valence-corrected chi connectivity index (χ4v) is 3.74. The maximum atomic E-state index is 12.2. The third-order valence-electron chi connectivity index (χ3n) is 4.11. The quantitative estimate of drug-likeness (QED) is 0.416. The fraction of sp³-hybridized carbons (Fsp3) is 0.0952. The average Bonchev–Trinajstić information content (AvgIpc) is 3.30. The smallest absolute Gasteiger partial charge is 0.265 e. The predicted molar refractivity (Wildman–Crippen MR) is 128 cm³/mol. The molecule has 0 radical (unpaired) electrons. The highest BCUT2D eigenvalue weighted by Crippen LogP contribution is 2.36. The Balaban J connectivity index is 1.74. The van der Waals surface area contributed by atoms with Crippen molar-refractivity contribution in [1.82, 2.24) is 0 Å². The Morgan fingerprint density at radius 2 is 1.81 bits per heavy atom. The summed E-state index contributed by atoms with van der Waals surface area (Å²) in [6.07, 6.45) is 0. The Kier molecular flexibility index (Phi) is 7.31. The van der Waals surface area contributed by atoms with E-state index in [0.717, 1.165) is 0 Å². The molecule has 0 bridgehead atoms. The molecule has 10 heteroatoms. The number of thiocarbonyl (C=S) groups is 1. The molecule has 0 saturated carbocycles. The Hall–Kier alpha value is -3.32. The summed E-state index contributed by atoms with van der Waals surface area (Å²) in [6, 6.07) is 13.8. The van der Waals surface area contributed by atoms with Crippen molar-refractivity contribution in [1.29, 1.82) is 5.26 Å². The summed E-state index contributed by atoms with van der Waals surface area (Å²) in [6.45, 7) is 0. The van der Waals surface area contributed by atoms with Gasteiger partial charge in [-0.1, -0.05) is 17.7 Å². The van der Waals surface area contributed by atoms with Crippen molar-refractivity contribution in [3.8, 4) is 17.6 Å². The molecule has 3 rings (SSSR count). The van der Waals surface area contributed by atoms with Gasteiger partial charge < -0.3 is 25.4 Å². The van der Waals surface area contributed by atoms with Gasteiger partial charge in [0.05, 0.1) is 41.1 Å². The van der Waals surface area contributed by atoms with Crippen molar-refractivity contribution in [2.45, 2.75) is 0 Å². The summed E-state index contributed by atoms with van der Waals surface area (Å²) in [5, 5.41) is 20.7. The first-order valence-electron chi connectivity index (χ1n) is 8.83. The number of halogens is 1. The number of hydrogen-bond acceptors (Lipinski definition) is 6. The molecule has 1 aromatic heterocycles. The van der Waals surface area contributed by atoms with Crippen LogP contribution in [0.3, 0.4) is 0 Å². The number of rotatable bonds is 6. The second-order valence-corrected chi connectivity index (χ2v) is 7.83. The van der Waals surface area contributed by atoms with Crippen LogP contribution in [0.5, 0.6) is 11.5 Å². The first-order valence-corrected chi connectivity index (χ1v) is 10.5. The third kappa shape index (κ3) is 5.44. The molecule has 1 heterocycles. The lowest BCUT2D eigenvalue weighted by Gasteiger charge is -2.16. The monoisotopic (exact) mass is 472 g/mol.